The molecule has 112 valence electrons. The third-order valence-corrected chi connectivity index (χ3v) is 5.11. The fourth-order valence-electron chi connectivity index (χ4n) is 2.24. The van der Waals surface area contributed by atoms with Gasteiger partial charge in [-0.25, -0.2) is 0 Å². The highest BCUT2D eigenvalue weighted by molar-refractivity contribution is 9.10. The summed E-state index contributed by atoms with van der Waals surface area (Å²) in [5, 5.41) is 16.5. The first-order chi connectivity index (χ1) is 10.7. The van der Waals surface area contributed by atoms with Crippen molar-refractivity contribution < 1.29 is 4.79 Å². The summed E-state index contributed by atoms with van der Waals surface area (Å²) in [4.78, 5) is 13.0. The van der Waals surface area contributed by atoms with Crippen molar-refractivity contribution in [2.75, 3.05) is 0 Å². The molecule has 22 heavy (non-hydrogen) atoms. The summed E-state index contributed by atoms with van der Waals surface area (Å²) in [6.07, 6.45) is 2.32. The zero-order valence-corrected chi connectivity index (χ0v) is 13.9. The van der Waals surface area contributed by atoms with Crippen LogP contribution in [-0.2, 0) is 6.54 Å². The molecular formula is C14H12BrN5OS. The van der Waals surface area contributed by atoms with Crippen LogP contribution in [0.4, 0.5) is 0 Å². The van der Waals surface area contributed by atoms with Crippen LogP contribution in [0.3, 0.4) is 0 Å². The number of nitrogens with zero attached hydrogens (tertiary/aromatic N) is 4. The highest BCUT2D eigenvalue weighted by Gasteiger charge is 2.30. The lowest BCUT2D eigenvalue weighted by molar-refractivity contribution is 0.0950. The van der Waals surface area contributed by atoms with Crippen molar-refractivity contribution in [1.82, 2.24) is 25.1 Å². The highest BCUT2D eigenvalue weighted by Crippen LogP contribution is 2.39. The lowest BCUT2D eigenvalue weighted by Crippen LogP contribution is -2.23. The summed E-state index contributed by atoms with van der Waals surface area (Å²) >= 11 is 4.84. The molecule has 6 nitrogen and oxygen atoms in total. The van der Waals surface area contributed by atoms with Gasteiger partial charge in [-0.3, -0.25) is 4.79 Å². The van der Waals surface area contributed by atoms with Crippen LogP contribution in [0.15, 0.2) is 28.7 Å². The molecule has 1 aromatic carbocycles. The monoisotopic (exact) mass is 377 g/mol. The van der Waals surface area contributed by atoms with Crippen molar-refractivity contribution in [2.24, 2.45) is 0 Å². The molecule has 1 fully saturated rings. The maximum Gasteiger partial charge on any atom is 0.252 e. The Morgan fingerprint density at radius 3 is 2.95 bits per heavy atom. The maximum absolute atomic E-state index is 12.2. The molecule has 1 aliphatic carbocycles. The van der Waals surface area contributed by atoms with E-state index in [1.807, 2.05) is 22.7 Å². The number of aromatic nitrogens is 4. The van der Waals surface area contributed by atoms with Crippen molar-refractivity contribution >= 4 is 38.1 Å². The fraction of sp³-hybridized carbons (Fsp3) is 0.286. The van der Waals surface area contributed by atoms with E-state index >= 15 is 0 Å². The van der Waals surface area contributed by atoms with E-state index in [1.54, 1.807) is 6.07 Å². The number of benzene rings is 1. The average Bonchev–Trinajstić information content (AvgIpc) is 3.15. The number of nitrogens with one attached hydrogen (secondary N) is 1. The predicted molar refractivity (Wildman–Crippen MR) is 85.9 cm³/mol. The third-order valence-electron chi connectivity index (χ3n) is 3.52. The van der Waals surface area contributed by atoms with Crippen LogP contribution in [0.5, 0.6) is 0 Å². The molecule has 0 unspecified atom stereocenters. The van der Waals surface area contributed by atoms with Gasteiger partial charge >= 0.3 is 0 Å². The summed E-state index contributed by atoms with van der Waals surface area (Å²) in [5.41, 5.74) is 0.615. The van der Waals surface area contributed by atoms with E-state index in [0.717, 1.165) is 33.1 Å². The number of fused-ring (bicyclic) bond motifs is 1. The number of amides is 1. The van der Waals surface area contributed by atoms with Crippen molar-refractivity contribution in [3.63, 3.8) is 0 Å². The van der Waals surface area contributed by atoms with Gasteiger partial charge in [-0.1, -0.05) is 23.5 Å². The van der Waals surface area contributed by atoms with Gasteiger partial charge in [0.15, 0.2) is 5.82 Å². The van der Waals surface area contributed by atoms with E-state index in [4.69, 9.17) is 0 Å². The van der Waals surface area contributed by atoms with Crippen LogP contribution < -0.4 is 5.32 Å². The number of hydrogen-bond donors (Lipinski definition) is 1. The molecular weight excluding hydrogens is 366 g/mol. The largest absolute Gasteiger partial charge is 0.345 e. The van der Waals surface area contributed by atoms with Gasteiger partial charge in [0.25, 0.3) is 5.91 Å². The summed E-state index contributed by atoms with van der Waals surface area (Å²) in [6.45, 7) is 0.387. The standard InChI is InChI=1S/C14H12BrN5OS/c15-10-4-2-1-3-9(10)13(21)16-7-11-19-20-12(8-5-6-8)17-18-14(20)22-11/h1-4,8H,5-7H2,(H,16,21). The van der Waals surface area contributed by atoms with Crippen molar-refractivity contribution in [3.05, 3.63) is 45.1 Å². The lowest BCUT2D eigenvalue weighted by Gasteiger charge is -2.04. The lowest BCUT2D eigenvalue weighted by atomic mass is 10.2. The first kappa shape index (κ1) is 13.8. The predicted octanol–water partition coefficient (Wildman–Crippen LogP) is 2.76. The van der Waals surface area contributed by atoms with Crippen LogP contribution in [0.1, 0.15) is 39.9 Å². The fourth-order valence-corrected chi connectivity index (χ4v) is 3.48. The van der Waals surface area contributed by atoms with Gasteiger partial charge in [0.2, 0.25) is 4.96 Å². The molecule has 0 saturated heterocycles. The number of carbonyl (C=O) groups is 1. The quantitative estimate of drug-likeness (QED) is 0.758. The average molecular weight is 378 g/mol. The SMILES string of the molecule is O=C(NCc1nn2c(C3CC3)nnc2s1)c1ccccc1Br. The molecule has 0 bridgehead atoms. The van der Waals surface area contributed by atoms with Crippen molar-refractivity contribution in [3.8, 4) is 0 Å². The Hall–Kier alpha value is -1.80. The number of hydrogen-bond acceptors (Lipinski definition) is 5. The number of carbonyl (C=O) groups excluding carboxylic acids is 1. The summed E-state index contributed by atoms with van der Waals surface area (Å²) < 4.78 is 2.59. The van der Waals surface area contributed by atoms with Crippen LogP contribution in [0, 0.1) is 0 Å². The number of rotatable bonds is 4. The van der Waals surface area contributed by atoms with Gasteiger partial charge in [0, 0.05) is 10.4 Å². The van der Waals surface area contributed by atoms with E-state index in [-0.39, 0.29) is 5.91 Å². The molecule has 2 heterocycles. The van der Waals surface area contributed by atoms with E-state index < -0.39 is 0 Å². The second-order valence-electron chi connectivity index (χ2n) is 5.19. The molecule has 4 rings (SSSR count). The van der Waals surface area contributed by atoms with Crippen molar-refractivity contribution in [1.29, 1.82) is 0 Å². The zero-order valence-electron chi connectivity index (χ0n) is 11.5. The summed E-state index contributed by atoms with van der Waals surface area (Å²) in [5.74, 6) is 1.32. The van der Waals surface area contributed by atoms with Crippen LogP contribution in [-0.4, -0.2) is 25.7 Å². The Morgan fingerprint density at radius 1 is 1.36 bits per heavy atom. The Balaban J connectivity index is 1.49. The summed E-state index contributed by atoms with van der Waals surface area (Å²) in [6, 6.07) is 7.34. The Labute approximate surface area is 138 Å². The van der Waals surface area contributed by atoms with Gasteiger partial charge < -0.3 is 5.32 Å². The van der Waals surface area contributed by atoms with Gasteiger partial charge in [0.05, 0.1) is 12.1 Å². The Morgan fingerprint density at radius 2 is 2.18 bits per heavy atom. The molecule has 1 amide bonds. The van der Waals surface area contributed by atoms with E-state index in [1.165, 1.54) is 11.3 Å². The second-order valence-corrected chi connectivity index (χ2v) is 7.08. The topological polar surface area (TPSA) is 72.2 Å². The van der Waals surface area contributed by atoms with Gasteiger partial charge in [-0.05, 0) is 40.9 Å². The molecule has 0 spiro atoms. The minimum absolute atomic E-state index is 0.124. The maximum atomic E-state index is 12.2. The highest BCUT2D eigenvalue weighted by atomic mass is 79.9. The molecule has 2 aromatic heterocycles. The van der Waals surface area contributed by atoms with E-state index in [9.17, 15) is 4.79 Å². The number of halogens is 1. The first-order valence-corrected chi connectivity index (χ1v) is 8.57. The Kier molecular flexibility index (Phi) is 3.42. The van der Waals surface area contributed by atoms with Crippen LogP contribution >= 0.6 is 27.3 Å². The third kappa shape index (κ3) is 2.52. The smallest absolute Gasteiger partial charge is 0.252 e. The van der Waals surface area contributed by atoms with Crippen LogP contribution in [0.25, 0.3) is 4.96 Å². The normalized spacial score (nSPS) is 14.4. The molecule has 0 aliphatic heterocycles. The minimum atomic E-state index is -0.124. The summed E-state index contributed by atoms with van der Waals surface area (Å²) in [7, 11) is 0. The van der Waals surface area contributed by atoms with E-state index in [0.29, 0.717) is 18.0 Å². The molecule has 0 atom stereocenters. The van der Waals surface area contributed by atoms with Gasteiger partial charge in [-0.15, -0.1) is 10.2 Å². The molecule has 8 heteroatoms. The Bertz CT molecular complexity index is 854. The second kappa shape index (κ2) is 5.44. The van der Waals surface area contributed by atoms with Gasteiger partial charge in [0.1, 0.15) is 5.01 Å². The van der Waals surface area contributed by atoms with Crippen LogP contribution in [0.2, 0.25) is 0 Å². The molecule has 0 radical (unpaired) electrons. The minimum Gasteiger partial charge on any atom is -0.345 e. The van der Waals surface area contributed by atoms with Gasteiger partial charge in [-0.2, -0.15) is 9.61 Å². The van der Waals surface area contributed by atoms with E-state index in [2.05, 4.69) is 36.5 Å². The molecule has 3 aromatic rings. The molecule has 1 N–H and O–H groups in total. The van der Waals surface area contributed by atoms with Crippen molar-refractivity contribution in [2.45, 2.75) is 25.3 Å². The molecule has 1 saturated carbocycles. The first-order valence-electron chi connectivity index (χ1n) is 6.96. The zero-order chi connectivity index (χ0) is 15.1. The molecule has 1 aliphatic rings.